The van der Waals surface area contributed by atoms with Crippen LogP contribution in [0.15, 0.2) is 5.10 Å². The summed E-state index contributed by atoms with van der Waals surface area (Å²) in [6.07, 6.45) is 0. The third kappa shape index (κ3) is 103. The molecule has 0 amide bonds. The standard InChI is InChI=1S/C3H8N2.2C2H6/c1-3-5-4-2;2*1-2/h5H,2-3H2,1H3;2*1-2H3. The second-order valence-corrected chi connectivity index (χ2v) is 0.670. The quantitative estimate of drug-likeness (QED) is 0.452. The Hall–Kier alpha value is -0.530. The molecule has 0 aromatic rings. The van der Waals surface area contributed by atoms with Gasteiger partial charge in [-0.1, -0.05) is 27.7 Å². The molecule has 0 aliphatic heterocycles. The molecule has 0 saturated heterocycles. The van der Waals surface area contributed by atoms with Gasteiger partial charge in [0, 0.05) is 13.3 Å². The third-order valence-corrected chi connectivity index (χ3v) is 0.270. The number of nitrogens with one attached hydrogen (secondary N) is 1. The molecule has 0 radical (unpaired) electrons. The van der Waals surface area contributed by atoms with Crippen LogP contribution < -0.4 is 5.43 Å². The van der Waals surface area contributed by atoms with Gasteiger partial charge in [0.2, 0.25) is 0 Å². The van der Waals surface area contributed by atoms with Crippen LogP contribution in [-0.4, -0.2) is 13.3 Å². The predicted octanol–water partition coefficient (Wildman–Crippen LogP) is 2.26. The fraction of sp³-hybridized carbons (Fsp3) is 0.857. The van der Waals surface area contributed by atoms with E-state index < -0.39 is 0 Å². The molecule has 0 fully saturated rings. The molecular formula is C7H20N2. The van der Waals surface area contributed by atoms with Crippen molar-refractivity contribution in [3.8, 4) is 0 Å². The Morgan fingerprint density at radius 3 is 1.56 bits per heavy atom. The fourth-order valence-electron chi connectivity index (χ4n) is 0.112. The molecule has 58 valence electrons. The lowest BCUT2D eigenvalue weighted by atomic mass is 10.8. The van der Waals surface area contributed by atoms with Gasteiger partial charge in [0.1, 0.15) is 0 Å². The maximum atomic E-state index is 3.35. The molecule has 0 unspecified atom stereocenters. The minimum atomic E-state index is 0.865. The van der Waals surface area contributed by atoms with Gasteiger partial charge < -0.3 is 5.43 Å². The smallest absolute Gasteiger partial charge is 0.0301 e. The van der Waals surface area contributed by atoms with Gasteiger partial charge in [-0.05, 0) is 6.92 Å². The van der Waals surface area contributed by atoms with Crippen molar-refractivity contribution in [2.75, 3.05) is 6.54 Å². The topological polar surface area (TPSA) is 24.4 Å². The maximum absolute atomic E-state index is 3.35. The van der Waals surface area contributed by atoms with Crippen molar-refractivity contribution < 1.29 is 0 Å². The Morgan fingerprint density at radius 2 is 1.56 bits per heavy atom. The normalized spacial score (nSPS) is 5.00. The van der Waals surface area contributed by atoms with Crippen molar-refractivity contribution in [2.24, 2.45) is 5.10 Å². The van der Waals surface area contributed by atoms with E-state index in [0.717, 1.165) is 6.54 Å². The van der Waals surface area contributed by atoms with Crippen LogP contribution in [0, 0.1) is 0 Å². The van der Waals surface area contributed by atoms with Crippen LogP contribution in [0.3, 0.4) is 0 Å². The molecule has 0 aromatic heterocycles. The maximum Gasteiger partial charge on any atom is 0.0301 e. The van der Waals surface area contributed by atoms with E-state index in [-0.39, 0.29) is 0 Å². The minimum Gasteiger partial charge on any atom is -0.311 e. The van der Waals surface area contributed by atoms with E-state index in [1.54, 1.807) is 0 Å². The molecule has 2 heteroatoms. The average molecular weight is 132 g/mol. The Morgan fingerprint density at radius 1 is 1.22 bits per heavy atom. The van der Waals surface area contributed by atoms with Crippen LogP contribution in [0.2, 0.25) is 0 Å². The minimum absolute atomic E-state index is 0.865. The highest BCUT2D eigenvalue weighted by Crippen LogP contribution is 1.45. The van der Waals surface area contributed by atoms with Crippen LogP contribution in [0.1, 0.15) is 34.6 Å². The summed E-state index contributed by atoms with van der Waals surface area (Å²) >= 11 is 0. The van der Waals surface area contributed by atoms with Crippen LogP contribution in [0.5, 0.6) is 0 Å². The molecule has 0 bridgehead atoms. The van der Waals surface area contributed by atoms with Gasteiger partial charge in [-0.2, -0.15) is 5.10 Å². The first-order chi connectivity index (χ1) is 4.41. The number of hydrogen-bond acceptors (Lipinski definition) is 2. The highest BCUT2D eigenvalue weighted by molar-refractivity contribution is 5.22. The third-order valence-electron chi connectivity index (χ3n) is 0.270. The molecule has 0 spiro atoms. The fourth-order valence-corrected chi connectivity index (χ4v) is 0.112. The highest BCUT2D eigenvalue weighted by atomic mass is 15.3. The van der Waals surface area contributed by atoms with Gasteiger partial charge in [0.15, 0.2) is 0 Å². The molecule has 0 rings (SSSR count). The first-order valence-corrected chi connectivity index (χ1v) is 3.60. The zero-order valence-electron chi connectivity index (χ0n) is 7.36. The van der Waals surface area contributed by atoms with Gasteiger partial charge in [-0.25, -0.2) is 0 Å². The van der Waals surface area contributed by atoms with Crippen LogP contribution in [0.25, 0.3) is 0 Å². The van der Waals surface area contributed by atoms with E-state index in [0.29, 0.717) is 0 Å². The largest absolute Gasteiger partial charge is 0.311 e. The summed E-state index contributed by atoms with van der Waals surface area (Å²) in [6, 6.07) is 0. The van der Waals surface area contributed by atoms with Crippen molar-refractivity contribution in [3.05, 3.63) is 0 Å². The summed E-state index contributed by atoms with van der Waals surface area (Å²) in [7, 11) is 0. The Bertz CT molecular complexity index is 28.1. The van der Waals surface area contributed by atoms with Crippen molar-refractivity contribution in [1.82, 2.24) is 5.43 Å². The molecule has 2 nitrogen and oxygen atoms in total. The van der Waals surface area contributed by atoms with E-state index in [1.807, 2.05) is 34.6 Å². The highest BCUT2D eigenvalue weighted by Gasteiger charge is 1.54. The predicted molar refractivity (Wildman–Crippen MR) is 45.9 cm³/mol. The van der Waals surface area contributed by atoms with E-state index >= 15 is 0 Å². The molecule has 0 heterocycles. The molecule has 1 N–H and O–H groups in total. The lowest BCUT2D eigenvalue weighted by molar-refractivity contribution is 0.791. The second kappa shape index (κ2) is 51.3. The van der Waals surface area contributed by atoms with Crippen molar-refractivity contribution >= 4 is 6.72 Å². The van der Waals surface area contributed by atoms with Gasteiger partial charge in [-0.15, -0.1) is 0 Å². The zero-order chi connectivity index (χ0) is 8.12. The summed E-state index contributed by atoms with van der Waals surface area (Å²) in [5, 5.41) is 3.35. The molecule has 0 saturated carbocycles. The molecule has 0 aliphatic rings. The molecule has 0 aliphatic carbocycles. The summed E-state index contributed by atoms with van der Waals surface area (Å²) in [6.45, 7) is 14.0. The monoisotopic (exact) mass is 132 g/mol. The Balaban J connectivity index is -0.0000000771. The van der Waals surface area contributed by atoms with Crippen molar-refractivity contribution in [3.63, 3.8) is 0 Å². The van der Waals surface area contributed by atoms with E-state index in [2.05, 4.69) is 17.2 Å². The zero-order valence-corrected chi connectivity index (χ0v) is 7.36. The van der Waals surface area contributed by atoms with Gasteiger partial charge in [0.05, 0.1) is 0 Å². The molecular weight excluding hydrogens is 112 g/mol. The van der Waals surface area contributed by atoms with Crippen LogP contribution in [0.4, 0.5) is 0 Å². The van der Waals surface area contributed by atoms with Gasteiger partial charge in [0.25, 0.3) is 0 Å². The van der Waals surface area contributed by atoms with E-state index in [9.17, 15) is 0 Å². The van der Waals surface area contributed by atoms with E-state index in [4.69, 9.17) is 0 Å². The number of nitrogens with zero attached hydrogens (tertiary/aromatic N) is 1. The summed E-state index contributed by atoms with van der Waals surface area (Å²) in [5.74, 6) is 0. The number of hydrazone groups is 1. The summed E-state index contributed by atoms with van der Waals surface area (Å²) < 4.78 is 0. The molecule has 9 heavy (non-hydrogen) atoms. The van der Waals surface area contributed by atoms with Crippen LogP contribution in [-0.2, 0) is 0 Å². The van der Waals surface area contributed by atoms with Crippen molar-refractivity contribution in [1.29, 1.82) is 0 Å². The Labute approximate surface area is 59.4 Å². The SMILES string of the molecule is C=NNCC.CC.CC. The lowest BCUT2D eigenvalue weighted by Crippen LogP contribution is -1.99. The molecule has 0 aromatic carbocycles. The van der Waals surface area contributed by atoms with Gasteiger partial charge in [-0.3, -0.25) is 0 Å². The molecule has 0 atom stereocenters. The van der Waals surface area contributed by atoms with E-state index in [1.165, 1.54) is 0 Å². The summed E-state index contributed by atoms with van der Waals surface area (Å²) in [5.41, 5.74) is 2.62. The second-order valence-electron chi connectivity index (χ2n) is 0.670. The Kier molecular flexibility index (Phi) is 90.0. The first kappa shape index (κ1) is 15.8. The van der Waals surface area contributed by atoms with Crippen LogP contribution >= 0.6 is 0 Å². The average Bonchev–Trinajstić information content (AvgIpc) is 1.98. The van der Waals surface area contributed by atoms with Crippen molar-refractivity contribution in [2.45, 2.75) is 34.6 Å². The lowest BCUT2D eigenvalue weighted by Gasteiger charge is -1.82. The van der Waals surface area contributed by atoms with Gasteiger partial charge >= 0.3 is 0 Å². The summed E-state index contributed by atoms with van der Waals surface area (Å²) in [4.78, 5) is 0. The first-order valence-electron chi connectivity index (χ1n) is 3.60. The number of hydrogen-bond donors (Lipinski definition) is 1. The number of rotatable bonds is 2.